The van der Waals surface area contributed by atoms with Gasteiger partial charge in [0.15, 0.2) is 0 Å². The van der Waals surface area contributed by atoms with Gasteiger partial charge in [-0.15, -0.1) is 0 Å². The lowest BCUT2D eigenvalue weighted by atomic mass is 10.1. The third-order valence-electron chi connectivity index (χ3n) is 4.99. The van der Waals surface area contributed by atoms with Gasteiger partial charge in [0.05, 0.1) is 5.56 Å². The summed E-state index contributed by atoms with van der Waals surface area (Å²) >= 11 is 0. The third kappa shape index (κ3) is 6.19. The van der Waals surface area contributed by atoms with Crippen LogP contribution in [0.15, 0.2) is 54.6 Å². The fourth-order valence-electron chi connectivity index (χ4n) is 3.46. The molecule has 1 saturated heterocycles. The second-order valence-electron chi connectivity index (χ2n) is 7.26. The Morgan fingerprint density at radius 1 is 1.10 bits per heavy atom. The first-order valence-corrected chi connectivity index (χ1v) is 10.4. The summed E-state index contributed by atoms with van der Waals surface area (Å²) in [6.45, 7) is 3.02. The van der Waals surface area contributed by atoms with E-state index in [1.165, 1.54) is 6.08 Å². The van der Waals surface area contributed by atoms with E-state index in [1.54, 1.807) is 19.3 Å². The van der Waals surface area contributed by atoms with Gasteiger partial charge in [-0.1, -0.05) is 30.3 Å². The van der Waals surface area contributed by atoms with Crippen LogP contribution in [0.25, 0.3) is 6.08 Å². The topological polar surface area (TPSA) is 70.7 Å². The number of carbonyl (C=O) groups excluding carboxylic acids is 2. The van der Waals surface area contributed by atoms with Crippen molar-refractivity contribution < 1.29 is 14.3 Å². The lowest BCUT2D eigenvalue weighted by molar-refractivity contribution is -0.111. The zero-order valence-electron chi connectivity index (χ0n) is 17.4. The number of amides is 2. The first-order chi connectivity index (χ1) is 14.7. The SMILES string of the molecule is COCCCNC(=O)c1cc(NC(=O)C=Cc2ccccc2)ccc1N1CCCC1. The molecule has 2 amide bonds. The Morgan fingerprint density at radius 2 is 1.87 bits per heavy atom. The molecule has 30 heavy (non-hydrogen) atoms. The number of benzene rings is 2. The van der Waals surface area contributed by atoms with E-state index < -0.39 is 0 Å². The molecule has 0 saturated carbocycles. The Hall–Kier alpha value is -3.12. The van der Waals surface area contributed by atoms with Crippen molar-refractivity contribution in [1.82, 2.24) is 5.32 Å². The molecule has 6 nitrogen and oxygen atoms in total. The first kappa shape index (κ1) is 21.6. The van der Waals surface area contributed by atoms with E-state index in [4.69, 9.17) is 4.74 Å². The number of hydrogen-bond acceptors (Lipinski definition) is 4. The lowest BCUT2D eigenvalue weighted by Crippen LogP contribution is -2.28. The summed E-state index contributed by atoms with van der Waals surface area (Å²) < 4.78 is 5.04. The van der Waals surface area contributed by atoms with Gasteiger partial charge in [0.2, 0.25) is 5.91 Å². The summed E-state index contributed by atoms with van der Waals surface area (Å²) in [6, 6.07) is 15.2. The van der Waals surface area contributed by atoms with Crippen molar-refractivity contribution in [2.75, 3.05) is 43.6 Å². The molecule has 2 aromatic carbocycles. The van der Waals surface area contributed by atoms with Crippen molar-refractivity contribution in [2.45, 2.75) is 19.3 Å². The van der Waals surface area contributed by atoms with Crippen LogP contribution in [0, 0.1) is 0 Å². The van der Waals surface area contributed by atoms with Crippen LogP contribution in [-0.4, -0.2) is 45.2 Å². The quantitative estimate of drug-likeness (QED) is 0.491. The summed E-state index contributed by atoms with van der Waals surface area (Å²) in [7, 11) is 1.64. The molecule has 158 valence electrons. The Morgan fingerprint density at radius 3 is 2.60 bits per heavy atom. The molecule has 1 heterocycles. The molecule has 0 radical (unpaired) electrons. The monoisotopic (exact) mass is 407 g/mol. The molecule has 3 rings (SSSR count). The molecular formula is C24H29N3O3. The average molecular weight is 408 g/mol. The van der Waals surface area contributed by atoms with Gasteiger partial charge in [-0.05, 0) is 49.1 Å². The molecule has 2 N–H and O–H groups in total. The van der Waals surface area contributed by atoms with Crippen LogP contribution in [0.3, 0.4) is 0 Å². The van der Waals surface area contributed by atoms with Crippen LogP contribution in [-0.2, 0) is 9.53 Å². The van der Waals surface area contributed by atoms with Gasteiger partial charge < -0.3 is 20.3 Å². The second kappa shape index (κ2) is 11.2. The fourth-order valence-corrected chi connectivity index (χ4v) is 3.46. The van der Waals surface area contributed by atoms with Gasteiger partial charge in [0.1, 0.15) is 0 Å². The van der Waals surface area contributed by atoms with Crippen molar-refractivity contribution in [3.05, 3.63) is 65.7 Å². The minimum absolute atomic E-state index is 0.135. The number of hydrogen-bond donors (Lipinski definition) is 2. The minimum atomic E-state index is -0.237. The van der Waals surface area contributed by atoms with Crippen LogP contribution >= 0.6 is 0 Å². The fraction of sp³-hybridized carbons (Fsp3) is 0.333. The van der Waals surface area contributed by atoms with Gasteiger partial charge >= 0.3 is 0 Å². The highest BCUT2D eigenvalue weighted by Crippen LogP contribution is 2.27. The highest BCUT2D eigenvalue weighted by Gasteiger charge is 2.20. The van der Waals surface area contributed by atoms with Crippen LogP contribution < -0.4 is 15.5 Å². The van der Waals surface area contributed by atoms with Crippen molar-refractivity contribution in [1.29, 1.82) is 0 Å². The molecular weight excluding hydrogens is 378 g/mol. The summed E-state index contributed by atoms with van der Waals surface area (Å²) in [5, 5.41) is 5.81. The molecule has 1 aliphatic heterocycles. The maximum atomic E-state index is 12.8. The van der Waals surface area contributed by atoms with Gasteiger partial charge in [-0.3, -0.25) is 9.59 Å². The predicted octanol–water partition coefficient (Wildman–Crippen LogP) is 3.71. The zero-order valence-corrected chi connectivity index (χ0v) is 17.4. The van der Waals surface area contributed by atoms with E-state index in [2.05, 4.69) is 15.5 Å². The number of nitrogens with one attached hydrogen (secondary N) is 2. The van der Waals surface area contributed by atoms with Crippen molar-refractivity contribution in [3.63, 3.8) is 0 Å². The lowest BCUT2D eigenvalue weighted by Gasteiger charge is -2.22. The van der Waals surface area contributed by atoms with Crippen LogP contribution in [0.5, 0.6) is 0 Å². The van der Waals surface area contributed by atoms with Gasteiger partial charge in [0, 0.05) is 50.8 Å². The Kier molecular flexibility index (Phi) is 8.03. The number of nitrogens with zero attached hydrogens (tertiary/aromatic N) is 1. The van der Waals surface area contributed by atoms with Crippen molar-refractivity contribution in [2.24, 2.45) is 0 Å². The maximum absolute atomic E-state index is 12.8. The van der Waals surface area contributed by atoms with Crippen molar-refractivity contribution >= 4 is 29.3 Å². The van der Waals surface area contributed by atoms with E-state index in [0.29, 0.717) is 24.4 Å². The molecule has 1 aliphatic rings. The largest absolute Gasteiger partial charge is 0.385 e. The molecule has 2 aromatic rings. The Balaban J connectivity index is 1.72. The highest BCUT2D eigenvalue weighted by atomic mass is 16.5. The molecule has 0 unspecified atom stereocenters. The minimum Gasteiger partial charge on any atom is -0.385 e. The predicted molar refractivity (Wildman–Crippen MR) is 121 cm³/mol. The molecule has 0 aliphatic carbocycles. The van der Waals surface area contributed by atoms with E-state index in [-0.39, 0.29) is 11.8 Å². The third-order valence-corrected chi connectivity index (χ3v) is 4.99. The van der Waals surface area contributed by atoms with E-state index >= 15 is 0 Å². The summed E-state index contributed by atoms with van der Waals surface area (Å²) in [5.74, 6) is -0.372. The molecule has 0 spiro atoms. The van der Waals surface area contributed by atoms with Gasteiger partial charge in [-0.25, -0.2) is 0 Å². The van der Waals surface area contributed by atoms with E-state index in [1.807, 2.05) is 42.5 Å². The smallest absolute Gasteiger partial charge is 0.253 e. The first-order valence-electron chi connectivity index (χ1n) is 10.4. The number of rotatable bonds is 9. The normalized spacial score (nSPS) is 13.6. The number of anilines is 2. The number of methoxy groups -OCH3 is 1. The van der Waals surface area contributed by atoms with Crippen LogP contribution in [0.4, 0.5) is 11.4 Å². The molecule has 1 fully saturated rings. The summed E-state index contributed by atoms with van der Waals surface area (Å²) in [5.41, 5.74) is 3.05. The van der Waals surface area contributed by atoms with Gasteiger partial charge in [-0.2, -0.15) is 0 Å². The maximum Gasteiger partial charge on any atom is 0.253 e. The van der Waals surface area contributed by atoms with Crippen LogP contribution in [0.1, 0.15) is 35.2 Å². The molecule has 0 atom stereocenters. The highest BCUT2D eigenvalue weighted by molar-refractivity contribution is 6.05. The Bertz CT molecular complexity index is 875. The summed E-state index contributed by atoms with van der Waals surface area (Å²) in [6.07, 6.45) is 6.25. The molecule has 0 aromatic heterocycles. The second-order valence-corrected chi connectivity index (χ2v) is 7.26. The van der Waals surface area contributed by atoms with E-state index in [9.17, 15) is 9.59 Å². The zero-order chi connectivity index (χ0) is 21.2. The van der Waals surface area contributed by atoms with Crippen molar-refractivity contribution in [3.8, 4) is 0 Å². The van der Waals surface area contributed by atoms with Gasteiger partial charge in [0.25, 0.3) is 5.91 Å². The average Bonchev–Trinajstić information content (AvgIpc) is 3.30. The van der Waals surface area contributed by atoms with Crippen LogP contribution in [0.2, 0.25) is 0 Å². The van der Waals surface area contributed by atoms with E-state index in [0.717, 1.165) is 43.6 Å². The Labute approximate surface area is 177 Å². The summed E-state index contributed by atoms with van der Waals surface area (Å²) in [4.78, 5) is 27.4. The molecule has 6 heteroatoms. The number of ether oxygens (including phenoxy) is 1. The molecule has 0 bridgehead atoms. The standard InChI is InChI=1S/C24H29N3O3/c1-30-17-7-14-25-24(29)21-18-20(11-12-22(21)27-15-5-6-16-27)26-23(28)13-10-19-8-3-2-4-9-19/h2-4,8-13,18H,5-7,14-17H2,1H3,(H,25,29)(H,26,28). The number of carbonyl (C=O) groups is 2.